The molecule has 1 fully saturated rings. The summed E-state index contributed by atoms with van der Waals surface area (Å²) in [6, 6.07) is 6.60. The number of carbonyl (C=O) groups excluding carboxylic acids is 3. The number of fused-ring (bicyclic) bond motifs is 2. The van der Waals surface area contributed by atoms with E-state index in [4.69, 9.17) is 9.97 Å². The van der Waals surface area contributed by atoms with Crippen molar-refractivity contribution in [1.29, 1.82) is 0 Å². The van der Waals surface area contributed by atoms with Gasteiger partial charge in [-0.3, -0.25) is 19.3 Å². The maximum absolute atomic E-state index is 12.5. The number of anilines is 1. The SMILES string of the molecule is CCSc1nc(N2CCCCC2)c2cnn(CCNC(=O)CN3C(=O)c4ccccc4C3=O)c2n1. The first-order valence-electron chi connectivity index (χ1n) is 11.9. The molecule has 0 saturated carbocycles. The van der Waals surface area contributed by atoms with Crippen LogP contribution in [0, 0.1) is 0 Å². The van der Waals surface area contributed by atoms with Crippen molar-refractivity contribution in [1.82, 2.24) is 30.0 Å². The van der Waals surface area contributed by atoms with Gasteiger partial charge < -0.3 is 10.2 Å². The molecule has 1 saturated heterocycles. The van der Waals surface area contributed by atoms with Gasteiger partial charge in [-0.1, -0.05) is 30.8 Å². The lowest BCUT2D eigenvalue weighted by atomic mass is 10.1. The highest BCUT2D eigenvalue weighted by Crippen LogP contribution is 2.29. The Kier molecular flexibility index (Phi) is 6.67. The molecule has 2 aromatic heterocycles. The topological polar surface area (TPSA) is 113 Å². The van der Waals surface area contributed by atoms with Crippen LogP contribution in [-0.4, -0.2) is 74.3 Å². The first-order valence-corrected chi connectivity index (χ1v) is 12.9. The molecule has 3 aromatic rings. The molecule has 1 N–H and O–H groups in total. The van der Waals surface area contributed by atoms with E-state index in [2.05, 4.69) is 22.2 Å². The quantitative estimate of drug-likeness (QED) is 0.289. The van der Waals surface area contributed by atoms with Crippen LogP contribution in [0.1, 0.15) is 46.9 Å². The van der Waals surface area contributed by atoms with Crippen molar-refractivity contribution >= 4 is 46.3 Å². The Morgan fingerprint density at radius 3 is 2.46 bits per heavy atom. The summed E-state index contributed by atoms with van der Waals surface area (Å²) in [5.41, 5.74) is 1.41. The molecule has 4 heterocycles. The van der Waals surface area contributed by atoms with Crippen LogP contribution < -0.4 is 10.2 Å². The van der Waals surface area contributed by atoms with Gasteiger partial charge in [0.05, 0.1) is 29.3 Å². The van der Waals surface area contributed by atoms with E-state index in [9.17, 15) is 14.4 Å². The second-order valence-corrected chi connectivity index (χ2v) is 9.74. The molecule has 2 aliphatic heterocycles. The summed E-state index contributed by atoms with van der Waals surface area (Å²) >= 11 is 1.59. The van der Waals surface area contributed by atoms with Gasteiger partial charge >= 0.3 is 0 Å². The number of nitrogens with one attached hydrogen (secondary N) is 1. The van der Waals surface area contributed by atoms with Crippen LogP contribution in [0.5, 0.6) is 0 Å². The molecule has 0 spiro atoms. The van der Waals surface area contributed by atoms with Crippen molar-refractivity contribution in [3.8, 4) is 0 Å². The Labute approximate surface area is 207 Å². The zero-order chi connectivity index (χ0) is 24.4. The molecular formula is C24H27N7O3S. The van der Waals surface area contributed by atoms with E-state index in [0.717, 1.165) is 58.6 Å². The maximum Gasteiger partial charge on any atom is 0.262 e. The van der Waals surface area contributed by atoms with Gasteiger partial charge in [0.1, 0.15) is 12.4 Å². The molecule has 0 radical (unpaired) electrons. The number of rotatable bonds is 8. The van der Waals surface area contributed by atoms with Gasteiger partial charge in [-0.2, -0.15) is 5.10 Å². The van der Waals surface area contributed by atoms with Gasteiger partial charge in [0.2, 0.25) is 5.91 Å². The van der Waals surface area contributed by atoms with Crippen molar-refractivity contribution in [3.05, 3.63) is 41.6 Å². The second-order valence-electron chi connectivity index (χ2n) is 8.51. The van der Waals surface area contributed by atoms with Gasteiger partial charge in [0, 0.05) is 19.6 Å². The Balaban J connectivity index is 1.25. The van der Waals surface area contributed by atoms with Crippen LogP contribution in [-0.2, 0) is 11.3 Å². The molecule has 0 atom stereocenters. The second kappa shape index (κ2) is 10.0. The average Bonchev–Trinajstić information content (AvgIpc) is 3.39. The molecule has 3 amide bonds. The zero-order valence-electron chi connectivity index (χ0n) is 19.6. The normalized spacial score (nSPS) is 15.7. The summed E-state index contributed by atoms with van der Waals surface area (Å²) in [7, 11) is 0. The smallest absolute Gasteiger partial charge is 0.262 e. The van der Waals surface area contributed by atoms with Crippen molar-refractivity contribution < 1.29 is 14.4 Å². The fourth-order valence-electron chi connectivity index (χ4n) is 4.51. The minimum absolute atomic E-state index is 0.290. The lowest BCUT2D eigenvalue weighted by Gasteiger charge is -2.28. The molecule has 182 valence electrons. The number of hydrogen-bond donors (Lipinski definition) is 1. The molecule has 0 bridgehead atoms. The molecule has 2 aliphatic rings. The van der Waals surface area contributed by atoms with Crippen LogP contribution >= 0.6 is 11.8 Å². The van der Waals surface area contributed by atoms with Gasteiger partial charge in [0.15, 0.2) is 10.8 Å². The molecule has 10 nitrogen and oxygen atoms in total. The number of amides is 3. The minimum Gasteiger partial charge on any atom is -0.356 e. The third-order valence-corrected chi connectivity index (χ3v) is 6.94. The summed E-state index contributed by atoms with van der Waals surface area (Å²) in [6.45, 7) is 4.40. The fourth-order valence-corrected chi connectivity index (χ4v) is 5.07. The van der Waals surface area contributed by atoms with E-state index in [1.54, 1.807) is 46.9 Å². The number of thioether (sulfide) groups is 1. The van der Waals surface area contributed by atoms with E-state index < -0.39 is 17.7 Å². The highest BCUT2D eigenvalue weighted by molar-refractivity contribution is 7.99. The van der Waals surface area contributed by atoms with Crippen LogP contribution in [0.2, 0.25) is 0 Å². The first kappa shape index (κ1) is 23.3. The summed E-state index contributed by atoms with van der Waals surface area (Å²) < 4.78 is 1.77. The highest BCUT2D eigenvalue weighted by Gasteiger charge is 2.36. The molecule has 5 rings (SSSR count). The lowest BCUT2D eigenvalue weighted by Crippen LogP contribution is -2.41. The average molecular weight is 494 g/mol. The molecule has 1 aromatic carbocycles. The van der Waals surface area contributed by atoms with Crippen LogP contribution in [0.25, 0.3) is 11.0 Å². The largest absolute Gasteiger partial charge is 0.356 e. The molecule has 11 heteroatoms. The fraction of sp³-hybridized carbons (Fsp3) is 0.417. The summed E-state index contributed by atoms with van der Waals surface area (Å²) in [5, 5.41) is 8.93. The number of piperidine rings is 1. The van der Waals surface area contributed by atoms with Gasteiger partial charge in [-0.15, -0.1) is 0 Å². The van der Waals surface area contributed by atoms with Crippen molar-refractivity contribution in [2.24, 2.45) is 0 Å². The summed E-state index contributed by atoms with van der Waals surface area (Å²) in [5.74, 6) is 0.504. The van der Waals surface area contributed by atoms with E-state index in [0.29, 0.717) is 17.7 Å². The lowest BCUT2D eigenvalue weighted by molar-refractivity contribution is -0.121. The monoisotopic (exact) mass is 493 g/mol. The number of carbonyl (C=O) groups is 3. The number of aromatic nitrogens is 4. The standard InChI is InChI=1S/C24H27N7O3S/c1-2-35-24-27-20(29-11-6-3-7-12-29)18-14-26-31(21(18)28-24)13-10-25-19(32)15-30-22(33)16-8-4-5-9-17(16)23(30)34/h4-5,8-9,14H,2-3,6-7,10-13,15H2,1H3,(H,25,32). The number of hydrogen-bond acceptors (Lipinski definition) is 8. The first-order chi connectivity index (χ1) is 17.1. The summed E-state index contributed by atoms with van der Waals surface area (Å²) in [6.07, 6.45) is 5.32. The third kappa shape index (κ3) is 4.60. The van der Waals surface area contributed by atoms with E-state index in [1.165, 1.54) is 6.42 Å². The van der Waals surface area contributed by atoms with Crippen molar-refractivity contribution in [2.75, 3.05) is 36.8 Å². The minimum atomic E-state index is -0.443. The van der Waals surface area contributed by atoms with Gasteiger partial charge in [-0.05, 0) is 37.1 Å². The Morgan fingerprint density at radius 1 is 1.06 bits per heavy atom. The summed E-state index contributed by atoms with van der Waals surface area (Å²) in [4.78, 5) is 50.3. The molecule has 35 heavy (non-hydrogen) atoms. The predicted octanol–water partition coefficient (Wildman–Crippen LogP) is 2.34. The van der Waals surface area contributed by atoms with Crippen LogP contribution in [0.3, 0.4) is 0 Å². The van der Waals surface area contributed by atoms with Crippen molar-refractivity contribution in [3.63, 3.8) is 0 Å². The van der Waals surface area contributed by atoms with Gasteiger partial charge in [0.25, 0.3) is 11.8 Å². The number of nitrogens with zero attached hydrogens (tertiary/aromatic N) is 6. The number of benzene rings is 1. The third-order valence-electron chi connectivity index (χ3n) is 6.21. The zero-order valence-corrected chi connectivity index (χ0v) is 20.4. The van der Waals surface area contributed by atoms with Crippen molar-refractivity contribution in [2.45, 2.75) is 37.9 Å². The Morgan fingerprint density at radius 2 is 1.77 bits per heavy atom. The van der Waals surface area contributed by atoms with Crippen LogP contribution in [0.15, 0.2) is 35.6 Å². The molecule has 0 unspecified atom stereocenters. The highest BCUT2D eigenvalue weighted by atomic mass is 32.2. The Hall–Kier alpha value is -3.47. The predicted molar refractivity (Wildman–Crippen MR) is 133 cm³/mol. The maximum atomic E-state index is 12.5. The van der Waals surface area contributed by atoms with E-state index >= 15 is 0 Å². The molecular weight excluding hydrogens is 466 g/mol. The van der Waals surface area contributed by atoms with Crippen LogP contribution in [0.4, 0.5) is 5.82 Å². The van der Waals surface area contributed by atoms with E-state index in [1.807, 2.05) is 0 Å². The number of imide groups is 1. The van der Waals surface area contributed by atoms with E-state index in [-0.39, 0.29) is 13.1 Å². The Bertz CT molecular complexity index is 1250. The molecule has 0 aliphatic carbocycles. The van der Waals surface area contributed by atoms with Gasteiger partial charge in [-0.25, -0.2) is 14.6 Å².